The number of benzene rings is 2. The van der Waals surface area contributed by atoms with Gasteiger partial charge in [-0.2, -0.15) is 0 Å². The fourth-order valence-electron chi connectivity index (χ4n) is 4.07. The molecule has 1 aromatic heterocycles. The molecule has 2 aromatic carbocycles. The average Bonchev–Trinajstić information content (AvgIpc) is 2.86. The van der Waals surface area contributed by atoms with E-state index in [-0.39, 0.29) is 17.7 Å². The molecule has 0 atom stereocenters. The maximum atomic E-state index is 13.0. The minimum atomic E-state index is -0.244. The Morgan fingerprint density at radius 3 is 2.41 bits per heavy atom. The molecule has 0 radical (unpaired) electrons. The third kappa shape index (κ3) is 6.14. The standard InChI is InChI=1S/C26H26Cl2N4O2/c27-22-7-3-8-23(28)21(22)17-32-13-10-19(11-14-32)25(33)31-24-9-2-1-6-20(24)26(34)30-16-18-5-4-12-29-15-18/h1-9,12,15,19H,10-11,13-14,16-17H2,(H,30,34)(H,31,33). The summed E-state index contributed by atoms with van der Waals surface area (Å²) in [5.41, 5.74) is 2.77. The van der Waals surface area contributed by atoms with Crippen molar-refractivity contribution in [2.45, 2.75) is 25.9 Å². The van der Waals surface area contributed by atoms with Crippen LogP contribution in [-0.2, 0) is 17.9 Å². The Bertz CT molecular complexity index is 1130. The number of carbonyl (C=O) groups excluding carboxylic acids is 2. The van der Waals surface area contributed by atoms with Crippen LogP contribution >= 0.6 is 23.2 Å². The number of rotatable bonds is 7. The molecular weight excluding hydrogens is 471 g/mol. The van der Waals surface area contributed by atoms with Crippen LogP contribution in [0.15, 0.2) is 67.0 Å². The Hall–Kier alpha value is -2.93. The van der Waals surface area contributed by atoms with Gasteiger partial charge in [0.1, 0.15) is 0 Å². The molecule has 8 heteroatoms. The lowest BCUT2D eigenvalue weighted by molar-refractivity contribution is -0.121. The molecule has 6 nitrogen and oxygen atoms in total. The van der Waals surface area contributed by atoms with Gasteiger partial charge < -0.3 is 10.6 Å². The average molecular weight is 497 g/mol. The third-order valence-electron chi connectivity index (χ3n) is 6.01. The Morgan fingerprint density at radius 2 is 1.71 bits per heavy atom. The summed E-state index contributed by atoms with van der Waals surface area (Å²) < 4.78 is 0. The van der Waals surface area contributed by atoms with Crippen LogP contribution < -0.4 is 10.6 Å². The van der Waals surface area contributed by atoms with Crippen LogP contribution in [0.25, 0.3) is 0 Å². The van der Waals surface area contributed by atoms with Gasteiger partial charge in [-0.3, -0.25) is 19.5 Å². The summed E-state index contributed by atoms with van der Waals surface area (Å²) in [7, 11) is 0. The van der Waals surface area contributed by atoms with Gasteiger partial charge in [0, 0.05) is 47.0 Å². The third-order valence-corrected chi connectivity index (χ3v) is 6.72. The monoisotopic (exact) mass is 496 g/mol. The highest BCUT2D eigenvalue weighted by atomic mass is 35.5. The summed E-state index contributed by atoms with van der Waals surface area (Å²) in [4.78, 5) is 32.1. The van der Waals surface area contributed by atoms with Crippen LogP contribution in [0.3, 0.4) is 0 Å². The predicted octanol–water partition coefficient (Wildman–Crippen LogP) is 5.17. The van der Waals surface area contributed by atoms with Crippen molar-refractivity contribution >= 4 is 40.7 Å². The molecule has 4 rings (SSSR count). The molecule has 1 saturated heterocycles. The lowest BCUT2D eigenvalue weighted by Crippen LogP contribution is -2.38. The molecule has 2 N–H and O–H groups in total. The first-order chi connectivity index (χ1) is 16.5. The Kier molecular flexibility index (Phi) is 8.16. The molecule has 2 amide bonds. The number of carbonyl (C=O) groups is 2. The first-order valence-corrected chi connectivity index (χ1v) is 12.0. The van der Waals surface area contributed by atoms with Gasteiger partial charge in [-0.15, -0.1) is 0 Å². The van der Waals surface area contributed by atoms with Gasteiger partial charge in [0.15, 0.2) is 0 Å². The zero-order valence-corrected chi connectivity index (χ0v) is 20.1. The van der Waals surface area contributed by atoms with Gasteiger partial charge in [-0.25, -0.2) is 0 Å². The van der Waals surface area contributed by atoms with Crippen molar-refractivity contribution in [2.75, 3.05) is 18.4 Å². The van der Waals surface area contributed by atoms with Gasteiger partial charge in [0.05, 0.1) is 11.3 Å². The molecule has 1 fully saturated rings. The van der Waals surface area contributed by atoms with E-state index in [0.29, 0.717) is 34.4 Å². The van der Waals surface area contributed by atoms with Gasteiger partial charge in [0.25, 0.3) is 5.91 Å². The summed E-state index contributed by atoms with van der Waals surface area (Å²) in [5, 5.41) is 7.17. The SMILES string of the molecule is O=C(NCc1cccnc1)c1ccccc1NC(=O)C1CCN(Cc2c(Cl)cccc2Cl)CC1. The highest BCUT2D eigenvalue weighted by molar-refractivity contribution is 6.35. The minimum absolute atomic E-state index is 0.0667. The van der Waals surface area contributed by atoms with E-state index in [0.717, 1.165) is 37.1 Å². The fraction of sp³-hybridized carbons (Fsp3) is 0.269. The van der Waals surface area contributed by atoms with Crippen molar-refractivity contribution in [1.82, 2.24) is 15.2 Å². The lowest BCUT2D eigenvalue weighted by atomic mass is 9.95. The number of likely N-dealkylation sites (tertiary alicyclic amines) is 1. The van der Waals surface area contributed by atoms with Crippen LogP contribution in [0.5, 0.6) is 0 Å². The summed E-state index contributed by atoms with van der Waals surface area (Å²) in [6, 6.07) is 16.3. The maximum Gasteiger partial charge on any atom is 0.253 e. The van der Waals surface area contributed by atoms with Gasteiger partial charge in [0.2, 0.25) is 5.91 Å². The smallest absolute Gasteiger partial charge is 0.253 e. The molecule has 176 valence electrons. The molecule has 1 aliphatic rings. The van der Waals surface area contributed by atoms with Crippen molar-refractivity contribution in [2.24, 2.45) is 5.92 Å². The summed E-state index contributed by atoms with van der Waals surface area (Å²) in [6.07, 6.45) is 4.85. The number of hydrogen-bond donors (Lipinski definition) is 2. The number of pyridine rings is 1. The molecule has 0 saturated carbocycles. The minimum Gasteiger partial charge on any atom is -0.348 e. The quantitative estimate of drug-likeness (QED) is 0.473. The second-order valence-electron chi connectivity index (χ2n) is 8.33. The van der Waals surface area contributed by atoms with Crippen molar-refractivity contribution in [1.29, 1.82) is 0 Å². The summed E-state index contributed by atoms with van der Waals surface area (Å²) >= 11 is 12.6. The summed E-state index contributed by atoms with van der Waals surface area (Å²) in [6.45, 7) is 2.56. The van der Waals surface area contributed by atoms with E-state index < -0.39 is 0 Å². The molecule has 0 unspecified atom stereocenters. The van der Waals surface area contributed by atoms with Crippen molar-refractivity contribution < 1.29 is 9.59 Å². The second-order valence-corrected chi connectivity index (χ2v) is 9.14. The van der Waals surface area contributed by atoms with Crippen molar-refractivity contribution in [3.05, 3.63) is 93.7 Å². The van der Waals surface area contributed by atoms with Crippen molar-refractivity contribution in [3.8, 4) is 0 Å². The van der Waals surface area contributed by atoms with Crippen molar-refractivity contribution in [3.63, 3.8) is 0 Å². The number of nitrogens with one attached hydrogen (secondary N) is 2. The van der Waals surface area contributed by atoms with E-state index in [4.69, 9.17) is 23.2 Å². The normalized spacial score (nSPS) is 14.5. The van der Waals surface area contributed by atoms with Gasteiger partial charge in [-0.1, -0.05) is 47.5 Å². The molecule has 0 bridgehead atoms. The second kappa shape index (κ2) is 11.5. The first-order valence-electron chi connectivity index (χ1n) is 11.2. The lowest BCUT2D eigenvalue weighted by Gasteiger charge is -2.31. The van der Waals surface area contributed by atoms with Crippen LogP contribution in [0.4, 0.5) is 5.69 Å². The number of piperidine rings is 1. The summed E-state index contributed by atoms with van der Waals surface area (Å²) in [5.74, 6) is -0.432. The number of aromatic nitrogens is 1. The van der Waals surface area contributed by atoms with Crippen LogP contribution in [-0.4, -0.2) is 34.8 Å². The molecular formula is C26H26Cl2N4O2. The largest absolute Gasteiger partial charge is 0.348 e. The van der Waals surface area contributed by atoms with Crippen LogP contribution in [0.1, 0.15) is 34.3 Å². The number of halogens is 2. The number of para-hydroxylation sites is 1. The zero-order chi connectivity index (χ0) is 23.9. The Balaban J connectivity index is 1.32. The van der Waals surface area contributed by atoms with Gasteiger partial charge in [-0.05, 0) is 61.8 Å². The zero-order valence-electron chi connectivity index (χ0n) is 18.6. The predicted molar refractivity (Wildman–Crippen MR) is 135 cm³/mol. The van der Waals surface area contributed by atoms with E-state index in [1.165, 1.54) is 0 Å². The molecule has 3 aromatic rings. The van der Waals surface area contributed by atoms with E-state index in [1.54, 1.807) is 30.6 Å². The fourth-order valence-corrected chi connectivity index (χ4v) is 4.58. The first kappa shape index (κ1) is 24.2. The maximum absolute atomic E-state index is 13.0. The van der Waals surface area contributed by atoms with E-state index in [1.807, 2.05) is 36.4 Å². The van der Waals surface area contributed by atoms with Crippen LogP contribution in [0, 0.1) is 5.92 Å². The molecule has 0 aliphatic carbocycles. The molecule has 0 spiro atoms. The van der Waals surface area contributed by atoms with E-state index in [2.05, 4.69) is 20.5 Å². The van der Waals surface area contributed by atoms with Gasteiger partial charge >= 0.3 is 0 Å². The Morgan fingerprint density at radius 1 is 0.971 bits per heavy atom. The molecule has 1 aliphatic heterocycles. The van der Waals surface area contributed by atoms with E-state index in [9.17, 15) is 9.59 Å². The van der Waals surface area contributed by atoms with Crippen LogP contribution in [0.2, 0.25) is 10.0 Å². The molecule has 34 heavy (non-hydrogen) atoms. The number of anilines is 1. The number of hydrogen-bond acceptors (Lipinski definition) is 4. The van der Waals surface area contributed by atoms with E-state index >= 15 is 0 Å². The molecule has 2 heterocycles. The highest BCUT2D eigenvalue weighted by Crippen LogP contribution is 2.28. The number of nitrogens with zero attached hydrogens (tertiary/aromatic N) is 2. The number of amides is 2. The Labute approximate surface area is 209 Å². The topological polar surface area (TPSA) is 74.3 Å². The highest BCUT2D eigenvalue weighted by Gasteiger charge is 2.26.